The van der Waals surface area contributed by atoms with E-state index in [2.05, 4.69) is 15.5 Å². The van der Waals surface area contributed by atoms with Gasteiger partial charge in [-0.3, -0.25) is 4.98 Å². The Balaban J connectivity index is 1.52. The molecule has 1 aromatic carbocycles. The van der Waals surface area contributed by atoms with Crippen molar-refractivity contribution in [3.05, 3.63) is 66.2 Å². The van der Waals surface area contributed by atoms with Crippen molar-refractivity contribution in [3.63, 3.8) is 0 Å². The first-order chi connectivity index (χ1) is 11.7. The average molecular weight is 327 g/mol. The number of aromatic nitrogens is 2. The maximum Gasteiger partial charge on any atom is 0.414 e. The fraction of sp³-hybridized carbons (Fsp3) is 0.118. The number of halogens is 1. The Hall–Kier alpha value is -3.22. The van der Waals surface area contributed by atoms with Crippen LogP contribution in [0.5, 0.6) is 5.88 Å². The lowest BCUT2D eigenvalue weighted by atomic mass is 10.2. The topological polar surface area (TPSA) is 77.2 Å². The summed E-state index contributed by atoms with van der Waals surface area (Å²) in [6, 6.07) is 11.0. The molecule has 0 aliphatic rings. The smallest absolute Gasteiger partial charge is 0.388 e. The van der Waals surface area contributed by atoms with Crippen LogP contribution in [0.2, 0.25) is 0 Å². The van der Waals surface area contributed by atoms with Crippen LogP contribution in [0.4, 0.5) is 9.18 Å². The zero-order valence-corrected chi connectivity index (χ0v) is 12.6. The van der Waals surface area contributed by atoms with Gasteiger partial charge in [-0.25, -0.2) is 9.18 Å². The molecule has 0 saturated heterocycles. The van der Waals surface area contributed by atoms with E-state index in [0.29, 0.717) is 24.3 Å². The molecule has 0 aliphatic heterocycles. The molecule has 7 heteroatoms. The minimum atomic E-state index is -0.636. The molecule has 0 aliphatic carbocycles. The Bertz CT molecular complexity index is 821. The fourth-order valence-corrected chi connectivity index (χ4v) is 2.07. The third-order valence-electron chi connectivity index (χ3n) is 3.23. The number of nitrogens with one attached hydrogen (secondary N) is 1. The minimum Gasteiger partial charge on any atom is -0.388 e. The molecule has 0 bridgehead atoms. The zero-order valence-electron chi connectivity index (χ0n) is 12.6. The Morgan fingerprint density at radius 2 is 2.04 bits per heavy atom. The second-order valence-electron chi connectivity index (χ2n) is 4.96. The maximum atomic E-state index is 13.2. The standard InChI is InChI=1S/C17H14FN3O3/c18-14-3-1-2-13(10-14)15-11-16(21-24-15)23-17(22)20-9-6-12-4-7-19-8-5-12/h1-5,7-8,10-11H,6,9H2,(H,20,22). The Labute approximate surface area is 137 Å². The van der Waals surface area contributed by atoms with Gasteiger partial charge >= 0.3 is 6.09 Å². The van der Waals surface area contributed by atoms with Crippen molar-refractivity contribution in [1.29, 1.82) is 0 Å². The van der Waals surface area contributed by atoms with E-state index in [0.717, 1.165) is 5.56 Å². The van der Waals surface area contributed by atoms with E-state index in [1.54, 1.807) is 24.5 Å². The molecule has 0 atom stereocenters. The highest BCUT2D eigenvalue weighted by atomic mass is 19.1. The summed E-state index contributed by atoms with van der Waals surface area (Å²) in [6.07, 6.45) is 3.40. The van der Waals surface area contributed by atoms with E-state index in [1.807, 2.05) is 12.1 Å². The lowest BCUT2D eigenvalue weighted by Crippen LogP contribution is -2.28. The monoisotopic (exact) mass is 327 g/mol. The summed E-state index contributed by atoms with van der Waals surface area (Å²) in [6.45, 7) is 0.414. The van der Waals surface area contributed by atoms with Crippen LogP contribution in [-0.4, -0.2) is 22.8 Å². The van der Waals surface area contributed by atoms with E-state index in [4.69, 9.17) is 9.26 Å². The molecule has 1 N–H and O–H groups in total. The summed E-state index contributed by atoms with van der Waals surface area (Å²) < 4.78 is 23.3. The molecular formula is C17H14FN3O3. The molecule has 3 rings (SSSR count). The van der Waals surface area contributed by atoms with E-state index in [1.165, 1.54) is 18.2 Å². The largest absolute Gasteiger partial charge is 0.414 e. The van der Waals surface area contributed by atoms with Crippen LogP contribution in [0.1, 0.15) is 5.56 Å². The summed E-state index contributed by atoms with van der Waals surface area (Å²) in [4.78, 5) is 15.6. The number of rotatable bonds is 5. The highest BCUT2D eigenvalue weighted by Crippen LogP contribution is 2.24. The van der Waals surface area contributed by atoms with Gasteiger partial charge in [0.1, 0.15) is 5.82 Å². The van der Waals surface area contributed by atoms with Gasteiger partial charge in [0, 0.05) is 24.5 Å². The van der Waals surface area contributed by atoms with Crippen LogP contribution in [0, 0.1) is 5.82 Å². The highest BCUT2D eigenvalue weighted by Gasteiger charge is 2.11. The number of pyridine rings is 1. The maximum absolute atomic E-state index is 13.2. The Morgan fingerprint density at radius 1 is 1.21 bits per heavy atom. The van der Waals surface area contributed by atoms with Gasteiger partial charge in [-0.05, 0) is 41.4 Å². The van der Waals surface area contributed by atoms with E-state index in [-0.39, 0.29) is 11.7 Å². The van der Waals surface area contributed by atoms with Crippen LogP contribution in [0.15, 0.2) is 59.4 Å². The summed E-state index contributed by atoms with van der Waals surface area (Å²) in [5.41, 5.74) is 1.57. The quantitative estimate of drug-likeness (QED) is 0.778. The normalized spacial score (nSPS) is 10.4. The summed E-state index contributed by atoms with van der Waals surface area (Å²) >= 11 is 0. The van der Waals surface area contributed by atoms with Crippen molar-refractivity contribution in [1.82, 2.24) is 15.5 Å². The van der Waals surface area contributed by atoms with Gasteiger partial charge in [-0.15, -0.1) is 0 Å². The average Bonchev–Trinajstić information content (AvgIpc) is 3.04. The Morgan fingerprint density at radius 3 is 2.83 bits per heavy atom. The molecule has 24 heavy (non-hydrogen) atoms. The van der Waals surface area contributed by atoms with E-state index < -0.39 is 6.09 Å². The van der Waals surface area contributed by atoms with E-state index >= 15 is 0 Å². The van der Waals surface area contributed by atoms with Crippen molar-refractivity contribution in [2.24, 2.45) is 0 Å². The van der Waals surface area contributed by atoms with Crippen LogP contribution in [0.25, 0.3) is 11.3 Å². The minimum absolute atomic E-state index is 0.00988. The van der Waals surface area contributed by atoms with Crippen LogP contribution in [-0.2, 0) is 6.42 Å². The third kappa shape index (κ3) is 4.16. The first kappa shape index (κ1) is 15.7. The Kier molecular flexibility index (Phi) is 4.81. The predicted molar refractivity (Wildman–Crippen MR) is 83.9 cm³/mol. The molecule has 0 spiro atoms. The molecule has 6 nitrogen and oxygen atoms in total. The van der Waals surface area contributed by atoms with Crippen LogP contribution < -0.4 is 10.1 Å². The molecule has 0 unspecified atom stereocenters. The number of benzene rings is 1. The van der Waals surface area contributed by atoms with Gasteiger partial charge in [0.2, 0.25) is 0 Å². The number of amides is 1. The van der Waals surface area contributed by atoms with Crippen molar-refractivity contribution < 1.29 is 18.4 Å². The lowest BCUT2D eigenvalue weighted by Gasteiger charge is -2.03. The number of carbonyl (C=O) groups is 1. The highest BCUT2D eigenvalue weighted by molar-refractivity contribution is 5.70. The summed E-state index contributed by atoms with van der Waals surface area (Å²) in [7, 11) is 0. The van der Waals surface area contributed by atoms with Gasteiger partial charge in [0.05, 0.1) is 6.07 Å². The second kappa shape index (κ2) is 7.36. The molecule has 122 valence electrons. The van der Waals surface area contributed by atoms with E-state index in [9.17, 15) is 9.18 Å². The lowest BCUT2D eigenvalue weighted by molar-refractivity contribution is 0.196. The SMILES string of the molecule is O=C(NCCc1ccncc1)Oc1cc(-c2cccc(F)c2)on1. The third-order valence-corrected chi connectivity index (χ3v) is 3.23. The van der Waals surface area contributed by atoms with Gasteiger partial charge in [-0.1, -0.05) is 12.1 Å². The zero-order chi connectivity index (χ0) is 16.8. The van der Waals surface area contributed by atoms with Gasteiger partial charge in [0.15, 0.2) is 5.76 Å². The molecule has 2 aromatic heterocycles. The van der Waals surface area contributed by atoms with Crippen LogP contribution >= 0.6 is 0 Å². The predicted octanol–water partition coefficient (Wildman–Crippen LogP) is 3.21. The number of nitrogens with zero attached hydrogens (tertiary/aromatic N) is 2. The molecular weight excluding hydrogens is 313 g/mol. The molecule has 0 saturated carbocycles. The summed E-state index contributed by atoms with van der Waals surface area (Å²) in [5, 5.41) is 6.25. The van der Waals surface area contributed by atoms with Gasteiger partial charge in [-0.2, -0.15) is 0 Å². The van der Waals surface area contributed by atoms with Crippen LogP contribution in [0.3, 0.4) is 0 Å². The van der Waals surface area contributed by atoms with Crippen molar-refractivity contribution in [2.45, 2.75) is 6.42 Å². The van der Waals surface area contributed by atoms with Crippen molar-refractivity contribution in [2.75, 3.05) is 6.54 Å². The summed E-state index contributed by atoms with van der Waals surface area (Å²) in [5.74, 6) is -0.0648. The fourth-order valence-electron chi connectivity index (χ4n) is 2.07. The van der Waals surface area contributed by atoms with Crippen molar-refractivity contribution >= 4 is 6.09 Å². The molecule has 2 heterocycles. The first-order valence-corrected chi connectivity index (χ1v) is 7.28. The number of carbonyl (C=O) groups excluding carboxylic acids is 1. The molecule has 3 aromatic rings. The molecule has 0 radical (unpaired) electrons. The number of ether oxygens (including phenoxy) is 1. The first-order valence-electron chi connectivity index (χ1n) is 7.28. The van der Waals surface area contributed by atoms with Gasteiger partial charge < -0.3 is 14.6 Å². The molecule has 1 amide bonds. The number of hydrogen-bond donors (Lipinski definition) is 1. The molecule has 0 fully saturated rings. The van der Waals surface area contributed by atoms with Gasteiger partial charge in [0.25, 0.3) is 5.88 Å². The number of hydrogen-bond acceptors (Lipinski definition) is 5. The van der Waals surface area contributed by atoms with Crippen molar-refractivity contribution in [3.8, 4) is 17.2 Å². The second-order valence-corrected chi connectivity index (χ2v) is 4.96.